The van der Waals surface area contributed by atoms with E-state index in [1.165, 1.54) is 29.8 Å². The summed E-state index contributed by atoms with van der Waals surface area (Å²) in [6.45, 7) is 1.37. The van der Waals surface area contributed by atoms with E-state index < -0.39 is 5.97 Å². The van der Waals surface area contributed by atoms with Crippen LogP contribution in [0.3, 0.4) is 0 Å². The largest absolute Gasteiger partial charge is 0.465 e. The molecule has 3 rings (SSSR count). The van der Waals surface area contributed by atoms with E-state index >= 15 is 0 Å². The van der Waals surface area contributed by atoms with Gasteiger partial charge in [-0.2, -0.15) is 0 Å². The lowest BCUT2D eigenvalue weighted by Crippen LogP contribution is -2.19. The van der Waals surface area contributed by atoms with Crippen LogP contribution in [-0.4, -0.2) is 23.3 Å². The van der Waals surface area contributed by atoms with Gasteiger partial charge in [0.15, 0.2) is 5.78 Å². The molecule has 0 atom stereocenters. The van der Waals surface area contributed by atoms with E-state index in [0.29, 0.717) is 4.83 Å². The molecule has 0 fully saturated rings. The lowest BCUT2D eigenvalue weighted by molar-refractivity contribution is 0.0597. The normalized spacial score (nSPS) is 11.0. The number of pyridine rings is 1. The van der Waals surface area contributed by atoms with Gasteiger partial charge in [-0.15, -0.1) is 11.3 Å². The third-order valence-electron chi connectivity index (χ3n) is 3.24. The molecule has 1 aromatic carbocycles. The van der Waals surface area contributed by atoms with Crippen molar-refractivity contribution in [1.29, 1.82) is 0 Å². The maximum absolute atomic E-state index is 12.3. The monoisotopic (exact) mass is 301 g/mol. The molecule has 0 saturated carbocycles. The Kier molecular flexibility index (Phi) is 3.10. The van der Waals surface area contributed by atoms with Crippen molar-refractivity contribution in [2.45, 2.75) is 6.92 Å². The molecule has 0 radical (unpaired) electrons. The van der Waals surface area contributed by atoms with Gasteiger partial charge in [-0.25, -0.2) is 4.79 Å². The van der Waals surface area contributed by atoms with Gasteiger partial charge in [-0.1, -0.05) is 12.1 Å². The zero-order chi connectivity index (χ0) is 15.1. The first-order valence-electron chi connectivity index (χ1n) is 6.21. The number of thiazole rings is 1. The number of fused-ring (bicyclic) bond motifs is 3. The van der Waals surface area contributed by atoms with Gasteiger partial charge >= 0.3 is 5.97 Å². The fraction of sp³-hybridized carbons (Fsp3) is 0.133. The molecule has 0 aliphatic carbocycles. The van der Waals surface area contributed by atoms with E-state index in [4.69, 9.17) is 0 Å². The van der Waals surface area contributed by atoms with Gasteiger partial charge in [0, 0.05) is 6.07 Å². The Labute approximate surface area is 123 Å². The van der Waals surface area contributed by atoms with Crippen LogP contribution in [0.25, 0.3) is 15.0 Å². The number of para-hydroxylation sites is 1. The topological polar surface area (TPSA) is 64.8 Å². The molecule has 0 amide bonds. The summed E-state index contributed by atoms with van der Waals surface area (Å²) in [4.78, 5) is 36.6. The van der Waals surface area contributed by atoms with Crippen LogP contribution in [0.5, 0.6) is 0 Å². The zero-order valence-corrected chi connectivity index (χ0v) is 12.2. The van der Waals surface area contributed by atoms with Crippen LogP contribution in [-0.2, 0) is 4.74 Å². The van der Waals surface area contributed by atoms with Crippen molar-refractivity contribution >= 4 is 38.1 Å². The molecule has 3 aromatic rings. The quantitative estimate of drug-likeness (QED) is 0.539. The molecule has 0 unspecified atom stereocenters. The fourth-order valence-corrected chi connectivity index (χ4v) is 3.61. The van der Waals surface area contributed by atoms with Crippen molar-refractivity contribution in [2.75, 3.05) is 7.11 Å². The highest BCUT2D eigenvalue weighted by Gasteiger charge is 2.22. The molecule has 0 aliphatic heterocycles. The molecule has 0 aliphatic rings. The SMILES string of the molecule is COC(=O)c1cc(=O)n2c(sc3ccccc32)c1C(C)=O. The molecular weight excluding hydrogens is 290 g/mol. The summed E-state index contributed by atoms with van der Waals surface area (Å²) in [7, 11) is 1.22. The van der Waals surface area contributed by atoms with Crippen molar-refractivity contribution in [1.82, 2.24) is 4.40 Å². The smallest absolute Gasteiger partial charge is 0.338 e. The second-order valence-corrected chi connectivity index (χ2v) is 5.56. The van der Waals surface area contributed by atoms with E-state index in [2.05, 4.69) is 4.74 Å². The van der Waals surface area contributed by atoms with Crippen LogP contribution >= 0.6 is 11.3 Å². The predicted molar refractivity (Wildman–Crippen MR) is 80.4 cm³/mol. The van der Waals surface area contributed by atoms with E-state index in [0.717, 1.165) is 16.3 Å². The number of hydrogen-bond acceptors (Lipinski definition) is 5. The Balaban J connectivity index is 2.57. The molecule has 0 saturated heterocycles. The average molecular weight is 301 g/mol. The number of aromatic nitrogens is 1. The minimum absolute atomic E-state index is 0.0153. The Morgan fingerprint density at radius 2 is 1.95 bits per heavy atom. The number of methoxy groups -OCH3 is 1. The molecule has 106 valence electrons. The van der Waals surface area contributed by atoms with Crippen LogP contribution in [0.1, 0.15) is 27.6 Å². The number of esters is 1. The number of carbonyl (C=O) groups excluding carboxylic acids is 2. The number of ether oxygens (including phenoxy) is 1. The molecule has 6 heteroatoms. The second-order valence-electron chi connectivity index (χ2n) is 4.53. The number of nitrogens with zero attached hydrogens (tertiary/aromatic N) is 1. The average Bonchev–Trinajstić information content (AvgIpc) is 2.85. The Morgan fingerprint density at radius 1 is 1.24 bits per heavy atom. The van der Waals surface area contributed by atoms with Crippen LogP contribution in [0.4, 0.5) is 0 Å². The van der Waals surface area contributed by atoms with Gasteiger partial charge < -0.3 is 4.74 Å². The van der Waals surface area contributed by atoms with Crippen molar-refractivity contribution in [2.24, 2.45) is 0 Å². The second kappa shape index (κ2) is 4.82. The van der Waals surface area contributed by atoms with E-state index in [1.807, 2.05) is 24.3 Å². The van der Waals surface area contributed by atoms with E-state index in [-0.39, 0.29) is 22.5 Å². The number of hydrogen-bond donors (Lipinski definition) is 0. The first-order chi connectivity index (χ1) is 10.0. The lowest BCUT2D eigenvalue weighted by Gasteiger charge is -2.06. The molecule has 5 nitrogen and oxygen atoms in total. The Morgan fingerprint density at radius 3 is 2.62 bits per heavy atom. The highest BCUT2D eigenvalue weighted by atomic mass is 32.1. The summed E-state index contributed by atoms with van der Waals surface area (Å²) in [5.74, 6) is -0.961. The van der Waals surface area contributed by atoms with Gasteiger partial charge in [0.2, 0.25) is 0 Å². The zero-order valence-electron chi connectivity index (χ0n) is 11.4. The number of ketones is 1. The lowest BCUT2D eigenvalue weighted by atomic mass is 10.1. The highest BCUT2D eigenvalue weighted by Crippen LogP contribution is 2.29. The molecule has 0 spiro atoms. The minimum Gasteiger partial charge on any atom is -0.465 e. The van der Waals surface area contributed by atoms with Gasteiger partial charge in [0.25, 0.3) is 5.56 Å². The molecular formula is C15H11NO4S. The minimum atomic E-state index is -0.683. The van der Waals surface area contributed by atoms with Gasteiger partial charge in [-0.3, -0.25) is 14.0 Å². The van der Waals surface area contributed by atoms with Gasteiger partial charge in [-0.05, 0) is 19.1 Å². The van der Waals surface area contributed by atoms with Crippen LogP contribution < -0.4 is 5.56 Å². The van der Waals surface area contributed by atoms with Crippen molar-refractivity contribution in [3.05, 3.63) is 51.8 Å². The Bertz CT molecular complexity index is 951. The van der Waals surface area contributed by atoms with Crippen molar-refractivity contribution in [3.8, 4) is 0 Å². The maximum Gasteiger partial charge on any atom is 0.338 e. The third kappa shape index (κ3) is 1.95. The van der Waals surface area contributed by atoms with Crippen molar-refractivity contribution < 1.29 is 14.3 Å². The van der Waals surface area contributed by atoms with Gasteiger partial charge in [0.1, 0.15) is 4.83 Å². The molecule has 2 aromatic heterocycles. The molecule has 0 bridgehead atoms. The number of rotatable bonds is 2. The fourth-order valence-electron chi connectivity index (χ4n) is 2.36. The number of Topliss-reactive ketones (excluding diaryl/α,β-unsaturated/α-hetero) is 1. The summed E-state index contributed by atoms with van der Waals surface area (Å²) >= 11 is 1.31. The highest BCUT2D eigenvalue weighted by molar-refractivity contribution is 7.24. The molecule has 21 heavy (non-hydrogen) atoms. The summed E-state index contributed by atoms with van der Waals surface area (Å²) in [5, 5.41) is 0. The molecule has 2 heterocycles. The summed E-state index contributed by atoms with van der Waals surface area (Å²) in [5.41, 5.74) is 0.610. The number of carbonyl (C=O) groups is 2. The summed E-state index contributed by atoms with van der Waals surface area (Å²) in [6, 6.07) is 8.52. The standard InChI is InChI=1S/C15H11NO4S/c1-8(17)13-9(15(19)20-2)7-12(18)16-10-5-3-4-6-11(10)21-14(13)16/h3-7H,1-2H3. The first kappa shape index (κ1) is 13.5. The molecule has 0 N–H and O–H groups in total. The first-order valence-corrected chi connectivity index (χ1v) is 7.03. The predicted octanol–water partition coefficient (Wildman–Crippen LogP) is 2.50. The van der Waals surface area contributed by atoms with Crippen LogP contribution in [0, 0.1) is 0 Å². The third-order valence-corrected chi connectivity index (χ3v) is 4.39. The van der Waals surface area contributed by atoms with Crippen LogP contribution in [0.15, 0.2) is 35.1 Å². The van der Waals surface area contributed by atoms with Gasteiger partial charge in [0.05, 0.1) is 28.5 Å². The number of benzene rings is 1. The summed E-state index contributed by atoms with van der Waals surface area (Å²) < 4.78 is 7.01. The van der Waals surface area contributed by atoms with Crippen LogP contribution in [0.2, 0.25) is 0 Å². The summed E-state index contributed by atoms with van der Waals surface area (Å²) in [6.07, 6.45) is 0. The van der Waals surface area contributed by atoms with E-state index in [1.54, 1.807) is 0 Å². The Hall–Kier alpha value is -2.47. The van der Waals surface area contributed by atoms with E-state index in [9.17, 15) is 14.4 Å². The van der Waals surface area contributed by atoms with Crippen molar-refractivity contribution in [3.63, 3.8) is 0 Å². The maximum atomic E-state index is 12.3.